The number of carbonyl (C=O) groups is 2. The van der Waals surface area contributed by atoms with Gasteiger partial charge in [0.05, 0.1) is 14.2 Å². The molecule has 2 aliphatic rings. The Morgan fingerprint density at radius 1 is 1.00 bits per heavy atom. The molecule has 4 rings (SSSR count). The topological polar surface area (TPSA) is 76.7 Å². The van der Waals surface area contributed by atoms with Gasteiger partial charge >= 0.3 is 0 Å². The molecule has 2 N–H and O–H groups in total. The number of amides is 2. The van der Waals surface area contributed by atoms with Crippen LogP contribution in [0.5, 0.6) is 11.5 Å². The van der Waals surface area contributed by atoms with Crippen molar-refractivity contribution in [2.75, 3.05) is 26.1 Å². The molecule has 2 amide bonds. The molecule has 0 spiro atoms. The highest BCUT2D eigenvalue weighted by atomic mass is 16.5. The van der Waals surface area contributed by atoms with Crippen LogP contribution in [0.1, 0.15) is 60.0 Å². The number of allylic oxidation sites excluding steroid dienone is 1. The van der Waals surface area contributed by atoms with Crippen LogP contribution in [0.15, 0.2) is 42.0 Å². The van der Waals surface area contributed by atoms with Crippen molar-refractivity contribution in [3.8, 4) is 11.5 Å². The largest absolute Gasteiger partial charge is 0.493 e. The Hall–Kier alpha value is -3.28. The zero-order valence-corrected chi connectivity index (χ0v) is 18.2. The van der Waals surface area contributed by atoms with Crippen LogP contribution in [0.4, 0.5) is 5.69 Å². The lowest BCUT2D eigenvalue weighted by Gasteiger charge is -2.21. The smallest absolute Gasteiger partial charge is 0.251 e. The molecular weight excluding hydrogens is 392 g/mol. The molecule has 0 aliphatic heterocycles. The summed E-state index contributed by atoms with van der Waals surface area (Å²) >= 11 is 0. The molecule has 162 valence electrons. The fourth-order valence-corrected chi connectivity index (χ4v) is 4.69. The van der Waals surface area contributed by atoms with Crippen LogP contribution in [0.2, 0.25) is 0 Å². The zero-order chi connectivity index (χ0) is 22.0. The van der Waals surface area contributed by atoms with E-state index in [-0.39, 0.29) is 17.7 Å². The average Bonchev–Trinajstić information content (AvgIpc) is 3.09. The summed E-state index contributed by atoms with van der Waals surface area (Å²) in [6, 6.07) is 11.1. The normalized spacial score (nSPS) is 16.9. The lowest BCUT2D eigenvalue weighted by molar-refractivity contribution is -0.114. The molecule has 0 bridgehead atoms. The minimum Gasteiger partial charge on any atom is -0.493 e. The predicted molar refractivity (Wildman–Crippen MR) is 121 cm³/mol. The fraction of sp³-hybridized carbons (Fsp3) is 0.360. The number of methoxy groups -OCH3 is 2. The first-order valence-electron chi connectivity index (χ1n) is 10.7. The predicted octanol–water partition coefficient (Wildman–Crippen LogP) is 4.52. The molecule has 1 atom stereocenters. The molecule has 0 fully saturated rings. The van der Waals surface area contributed by atoms with Gasteiger partial charge in [0, 0.05) is 30.6 Å². The summed E-state index contributed by atoms with van der Waals surface area (Å²) in [7, 11) is 3.30. The highest BCUT2D eigenvalue weighted by Gasteiger charge is 2.34. The van der Waals surface area contributed by atoms with Crippen molar-refractivity contribution < 1.29 is 19.1 Å². The number of fused-ring (bicyclic) bond motifs is 2. The number of anilines is 1. The number of rotatable bonds is 6. The second-order valence-electron chi connectivity index (χ2n) is 8.03. The van der Waals surface area contributed by atoms with Crippen LogP contribution >= 0.6 is 0 Å². The van der Waals surface area contributed by atoms with E-state index in [1.807, 2.05) is 0 Å². The lowest BCUT2D eigenvalue weighted by atomic mass is 9.87. The average molecular weight is 421 g/mol. The maximum atomic E-state index is 12.8. The third-order valence-electron chi connectivity index (χ3n) is 6.12. The summed E-state index contributed by atoms with van der Waals surface area (Å²) in [6.45, 7) is 1.99. The van der Waals surface area contributed by atoms with Crippen LogP contribution in [-0.2, 0) is 4.79 Å². The number of benzene rings is 2. The second-order valence-corrected chi connectivity index (χ2v) is 8.03. The van der Waals surface area contributed by atoms with Gasteiger partial charge in [0.1, 0.15) is 0 Å². The Balaban J connectivity index is 1.55. The molecular formula is C25H28N2O4. The van der Waals surface area contributed by atoms with Crippen molar-refractivity contribution in [1.82, 2.24) is 5.32 Å². The molecule has 31 heavy (non-hydrogen) atoms. The molecule has 6 nitrogen and oxygen atoms in total. The van der Waals surface area contributed by atoms with Crippen molar-refractivity contribution in [1.29, 1.82) is 0 Å². The van der Waals surface area contributed by atoms with E-state index in [1.165, 1.54) is 42.0 Å². The van der Waals surface area contributed by atoms with Crippen molar-refractivity contribution in [3.05, 3.63) is 58.7 Å². The number of hydrogen-bond acceptors (Lipinski definition) is 4. The van der Waals surface area contributed by atoms with Gasteiger partial charge in [-0.2, -0.15) is 0 Å². The molecule has 6 heteroatoms. The summed E-state index contributed by atoms with van der Waals surface area (Å²) in [5.74, 6) is 1.34. The monoisotopic (exact) mass is 420 g/mol. The Kier molecular flexibility index (Phi) is 5.98. The van der Waals surface area contributed by atoms with E-state index < -0.39 is 0 Å². The van der Waals surface area contributed by atoms with Crippen molar-refractivity contribution in [3.63, 3.8) is 0 Å². The van der Waals surface area contributed by atoms with Crippen LogP contribution in [0, 0.1) is 0 Å². The van der Waals surface area contributed by atoms with Crippen molar-refractivity contribution >= 4 is 23.1 Å². The minimum atomic E-state index is -0.138. The zero-order valence-electron chi connectivity index (χ0n) is 18.2. The molecule has 2 aromatic rings. The quantitative estimate of drug-likeness (QED) is 0.721. The van der Waals surface area contributed by atoms with Gasteiger partial charge in [-0.05, 0) is 78.8 Å². The Bertz CT molecular complexity index is 1040. The first-order valence-corrected chi connectivity index (χ1v) is 10.7. The van der Waals surface area contributed by atoms with E-state index in [0.29, 0.717) is 23.5 Å². The molecule has 2 aliphatic carbocycles. The van der Waals surface area contributed by atoms with Gasteiger partial charge in [-0.3, -0.25) is 9.59 Å². The third kappa shape index (κ3) is 4.15. The standard InChI is InChI=1S/C25H28N2O4/c1-15(28)27-17-10-8-16(9-11-17)25(29)26-14-22-19-7-5-4-6-18(19)20-12-23(30-2)24(31-3)13-21(20)22/h8-13,22H,4-7,14H2,1-3H3,(H,26,29)(H,27,28)/t22-/m0/s1. The van der Waals surface area contributed by atoms with E-state index in [2.05, 4.69) is 22.8 Å². The first kappa shape index (κ1) is 21.0. The summed E-state index contributed by atoms with van der Waals surface area (Å²) in [5, 5.41) is 5.82. The Morgan fingerprint density at radius 3 is 2.35 bits per heavy atom. The summed E-state index contributed by atoms with van der Waals surface area (Å²) in [5.41, 5.74) is 6.50. The molecule has 0 heterocycles. The first-order chi connectivity index (χ1) is 15.0. The number of ether oxygens (including phenoxy) is 2. The van der Waals surface area contributed by atoms with Gasteiger partial charge in [-0.25, -0.2) is 0 Å². The van der Waals surface area contributed by atoms with Gasteiger partial charge in [-0.1, -0.05) is 5.57 Å². The van der Waals surface area contributed by atoms with Gasteiger partial charge in [0.2, 0.25) is 5.91 Å². The van der Waals surface area contributed by atoms with Gasteiger partial charge in [0.25, 0.3) is 5.91 Å². The van der Waals surface area contributed by atoms with Crippen LogP contribution in [0.3, 0.4) is 0 Å². The van der Waals surface area contributed by atoms with Crippen LogP contribution in [-0.4, -0.2) is 32.6 Å². The van der Waals surface area contributed by atoms with Gasteiger partial charge < -0.3 is 20.1 Å². The van der Waals surface area contributed by atoms with E-state index in [1.54, 1.807) is 38.5 Å². The molecule has 2 aromatic carbocycles. The van der Waals surface area contributed by atoms with Crippen molar-refractivity contribution in [2.45, 2.75) is 38.5 Å². The van der Waals surface area contributed by atoms with E-state index in [9.17, 15) is 9.59 Å². The maximum absolute atomic E-state index is 12.8. The number of carbonyl (C=O) groups excluding carboxylic acids is 2. The molecule has 0 unspecified atom stereocenters. The Morgan fingerprint density at radius 2 is 1.68 bits per heavy atom. The van der Waals surface area contributed by atoms with Crippen LogP contribution < -0.4 is 20.1 Å². The minimum absolute atomic E-state index is 0.124. The summed E-state index contributed by atoms with van der Waals surface area (Å²) < 4.78 is 11.1. The van der Waals surface area contributed by atoms with E-state index in [0.717, 1.165) is 18.6 Å². The molecule has 0 radical (unpaired) electrons. The molecule has 0 aromatic heterocycles. The second kappa shape index (κ2) is 8.84. The van der Waals surface area contributed by atoms with E-state index >= 15 is 0 Å². The van der Waals surface area contributed by atoms with Gasteiger partial charge in [0.15, 0.2) is 11.5 Å². The molecule has 0 saturated heterocycles. The Labute approximate surface area is 182 Å². The third-order valence-corrected chi connectivity index (χ3v) is 6.12. The fourth-order valence-electron chi connectivity index (χ4n) is 4.69. The van der Waals surface area contributed by atoms with E-state index in [4.69, 9.17) is 9.47 Å². The number of hydrogen-bond donors (Lipinski definition) is 2. The maximum Gasteiger partial charge on any atom is 0.251 e. The number of nitrogens with one attached hydrogen (secondary N) is 2. The van der Waals surface area contributed by atoms with Crippen LogP contribution in [0.25, 0.3) is 5.57 Å². The summed E-state index contributed by atoms with van der Waals surface area (Å²) in [6.07, 6.45) is 4.48. The highest BCUT2D eigenvalue weighted by Crippen LogP contribution is 2.51. The SMILES string of the molecule is COc1cc2c(cc1OC)[C@@H](CNC(=O)c1ccc(NC(C)=O)cc1)C1=C2CCCC1. The van der Waals surface area contributed by atoms with Gasteiger partial charge in [-0.15, -0.1) is 0 Å². The van der Waals surface area contributed by atoms with Crippen molar-refractivity contribution in [2.24, 2.45) is 0 Å². The highest BCUT2D eigenvalue weighted by molar-refractivity contribution is 5.95. The lowest BCUT2D eigenvalue weighted by Crippen LogP contribution is -2.28. The summed E-state index contributed by atoms with van der Waals surface area (Å²) in [4.78, 5) is 23.9. The molecule has 0 saturated carbocycles.